The molecule has 1 saturated heterocycles. The molecule has 3 nitrogen and oxygen atoms in total. The Morgan fingerprint density at radius 1 is 1.42 bits per heavy atom. The van der Waals surface area contributed by atoms with E-state index in [2.05, 4.69) is 22.0 Å². The van der Waals surface area contributed by atoms with Crippen molar-refractivity contribution < 1.29 is 9.47 Å². The van der Waals surface area contributed by atoms with E-state index in [0.29, 0.717) is 12.6 Å². The van der Waals surface area contributed by atoms with Gasteiger partial charge in [0.1, 0.15) is 5.75 Å². The van der Waals surface area contributed by atoms with E-state index in [1.54, 1.807) is 0 Å². The van der Waals surface area contributed by atoms with E-state index in [1.807, 2.05) is 12.1 Å². The molecule has 106 valence electrons. The molecule has 1 aliphatic rings. The van der Waals surface area contributed by atoms with Crippen LogP contribution in [0.25, 0.3) is 0 Å². The Balaban J connectivity index is 1.80. The Kier molecular flexibility index (Phi) is 6.14. The summed E-state index contributed by atoms with van der Waals surface area (Å²) < 4.78 is 12.5. The summed E-state index contributed by atoms with van der Waals surface area (Å²) in [5.41, 5.74) is 6.80. The fraction of sp³-hybridized carbons (Fsp3) is 0.600. The first-order valence-electron chi connectivity index (χ1n) is 7.03. The third-order valence-electron chi connectivity index (χ3n) is 3.40. The topological polar surface area (TPSA) is 44.5 Å². The molecule has 0 aliphatic carbocycles. The lowest BCUT2D eigenvalue weighted by atomic mass is 10.1. The predicted octanol–water partition coefficient (Wildman–Crippen LogP) is 3.29. The maximum atomic E-state index is 5.92. The number of benzene rings is 1. The van der Waals surface area contributed by atoms with E-state index in [-0.39, 0.29) is 0 Å². The van der Waals surface area contributed by atoms with E-state index in [1.165, 1.54) is 18.4 Å². The number of nitrogens with two attached hydrogens (primary N) is 1. The van der Waals surface area contributed by atoms with Crippen LogP contribution in [0.4, 0.5) is 0 Å². The second-order valence-electron chi connectivity index (χ2n) is 4.89. The zero-order chi connectivity index (χ0) is 13.5. The van der Waals surface area contributed by atoms with Gasteiger partial charge in [0.05, 0.1) is 17.2 Å². The molecule has 1 fully saturated rings. The van der Waals surface area contributed by atoms with Gasteiger partial charge in [-0.1, -0.05) is 12.1 Å². The number of hydrogen-bond donors (Lipinski definition) is 1. The van der Waals surface area contributed by atoms with Gasteiger partial charge in [0.25, 0.3) is 0 Å². The van der Waals surface area contributed by atoms with Crippen LogP contribution in [0.3, 0.4) is 0 Å². The highest BCUT2D eigenvalue weighted by atomic mass is 79.9. The SMILES string of the molecule is NCCc1cccc(Br)c1OCCCC1CCCO1. The van der Waals surface area contributed by atoms with Crippen molar-refractivity contribution in [1.29, 1.82) is 0 Å². The molecule has 1 unspecified atom stereocenters. The van der Waals surface area contributed by atoms with Crippen molar-refractivity contribution in [2.75, 3.05) is 19.8 Å². The normalized spacial score (nSPS) is 18.7. The largest absolute Gasteiger partial charge is 0.492 e. The van der Waals surface area contributed by atoms with Crippen LogP contribution in [0.15, 0.2) is 22.7 Å². The molecule has 0 bridgehead atoms. The molecular formula is C15H22BrNO2. The van der Waals surface area contributed by atoms with E-state index < -0.39 is 0 Å². The molecule has 1 heterocycles. The second-order valence-corrected chi connectivity index (χ2v) is 5.75. The van der Waals surface area contributed by atoms with Crippen molar-refractivity contribution in [1.82, 2.24) is 0 Å². The summed E-state index contributed by atoms with van der Waals surface area (Å²) in [5.74, 6) is 0.945. The van der Waals surface area contributed by atoms with Gasteiger partial charge in [-0.25, -0.2) is 0 Å². The summed E-state index contributed by atoms with van der Waals surface area (Å²) in [6, 6.07) is 6.11. The van der Waals surface area contributed by atoms with Gasteiger partial charge in [-0.05, 0) is 66.2 Å². The minimum atomic E-state index is 0.450. The lowest BCUT2D eigenvalue weighted by Gasteiger charge is -2.14. The zero-order valence-electron chi connectivity index (χ0n) is 11.2. The summed E-state index contributed by atoms with van der Waals surface area (Å²) >= 11 is 3.54. The van der Waals surface area contributed by atoms with Crippen LogP contribution in [0.2, 0.25) is 0 Å². The Labute approximate surface area is 123 Å². The summed E-state index contributed by atoms with van der Waals surface area (Å²) in [4.78, 5) is 0. The number of rotatable bonds is 7. The Morgan fingerprint density at radius 3 is 3.05 bits per heavy atom. The highest BCUT2D eigenvalue weighted by molar-refractivity contribution is 9.10. The predicted molar refractivity (Wildman–Crippen MR) is 80.6 cm³/mol. The van der Waals surface area contributed by atoms with Crippen LogP contribution >= 0.6 is 15.9 Å². The Morgan fingerprint density at radius 2 is 2.32 bits per heavy atom. The molecule has 0 amide bonds. The van der Waals surface area contributed by atoms with Crippen molar-refractivity contribution in [2.24, 2.45) is 5.73 Å². The maximum absolute atomic E-state index is 5.92. The molecule has 2 N–H and O–H groups in total. The van der Waals surface area contributed by atoms with Crippen molar-refractivity contribution in [2.45, 2.75) is 38.2 Å². The molecule has 1 atom stereocenters. The smallest absolute Gasteiger partial charge is 0.136 e. The molecule has 19 heavy (non-hydrogen) atoms. The molecule has 2 rings (SSSR count). The van der Waals surface area contributed by atoms with Gasteiger partial charge in [-0.2, -0.15) is 0 Å². The van der Waals surface area contributed by atoms with Gasteiger partial charge >= 0.3 is 0 Å². The van der Waals surface area contributed by atoms with Crippen LogP contribution in [0, 0.1) is 0 Å². The van der Waals surface area contributed by atoms with Gasteiger partial charge in [-0.15, -0.1) is 0 Å². The highest BCUT2D eigenvalue weighted by Gasteiger charge is 2.15. The summed E-state index contributed by atoms with van der Waals surface area (Å²) in [6.45, 7) is 2.30. The van der Waals surface area contributed by atoms with Crippen LogP contribution < -0.4 is 10.5 Å². The van der Waals surface area contributed by atoms with E-state index >= 15 is 0 Å². The van der Waals surface area contributed by atoms with Crippen molar-refractivity contribution >= 4 is 15.9 Å². The van der Waals surface area contributed by atoms with Crippen LogP contribution in [-0.4, -0.2) is 25.9 Å². The molecule has 1 aliphatic heterocycles. The molecule has 0 aromatic heterocycles. The van der Waals surface area contributed by atoms with Crippen LogP contribution in [0.1, 0.15) is 31.2 Å². The number of halogens is 1. The van der Waals surface area contributed by atoms with Crippen molar-refractivity contribution in [3.8, 4) is 5.75 Å². The third-order valence-corrected chi connectivity index (χ3v) is 4.03. The van der Waals surface area contributed by atoms with Gasteiger partial charge in [-0.3, -0.25) is 0 Å². The first kappa shape index (κ1) is 14.8. The molecule has 4 heteroatoms. The molecular weight excluding hydrogens is 306 g/mol. The molecule has 1 aromatic rings. The molecule has 0 spiro atoms. The Bertz CT molecular complexity index is 392. The second kappa shape index (κ2) is 7.88. The fourth-order valence-electron chi connectivity index (χ4n) is 2.42. The average molecular weight is 328 g/mol. The van der Waals surface area contributed by atoms with E-state index in [0.717, 1.165) is 42.7 Å². The summed E-state index contributed by atoms with van der Waals surface area (Å²) in [7, 11) is 0. The standard InChI is InChI=1S/C15H22BrNO2/c16-14-7-1-4-12(8-9-17)15(14)19-11-3-6-13-5-2-10-18-13/h1,4,7,13H,2-3,5-6,8-11,17H2. The monoisotopic (exact) mass is 327 g/mol. The van der Waals surface area contributed by atoms with Gasteiger partial charge < -0.3 is 15.2 Å². The summed E-state index contributed by atoms with van der Waals surface area (Å²) in [5, 5.41) is 0. The molecule has 0 saturated carbocycles. The van der Waals surface area contributed by atoms with Crippen LogP contribution in [0.5, 0.6) is 5.75 Å². The van der Waals surface area contributed by atoms with Crippen molar-refractivity contribution in [3.05, 3.63) is 28.2 Å². The highest BCUT2D eigenvalue weighted by Crippen LogP contribution is 2.29. The van der Waals surface area contributed by atoms with Gasteiger partial charge in [0, 0.05) is 6.61 Å². The minimum absolute atomic E-state index is 0.450. The minimum Gasteiger partial charge on any atom is -0.492 e. The summed E-state index contributed by atoms with van der Waals surface area (Å²) in [6.07, 6.45) is 5.83. The maximum Gasteiger partial charge on any atom is 0.136 e. The lowest BCUT2D eigenvalue weighted by Crippen LogP contribution is -2.09. The van der Waals surface area contributed by atoms with E-state index in [4.69, 9.17) is 15.2 Å². The van der Waals surface area contributed by atoms with E-state index in [9.17, 15) is 0 Å². The fourth-order valence-corrected chi connectivity index (χ4v) is 2.95. The first-order chi connectivity index (χ1) is 9.31. The quantitative estimate of drug-likeness (QED) is 0.781. The van der Waals surface area contributed by atoms with Gasteiger partial charge in [0.2, 0.25) is 0 Å². The lowest BCUT2D eigenvalue weighted by molar-refractivity contribution is 0.0980. The van der Waals surface area contributed by atoms with Crippen molar-refractivity contribution in [3.63, 3.8) is 0 Å². The van der Waals surface area contributed by atoms with Gasteiger partial charge in [0.15, 0.2) is 0 Å². The Hall–Kier alpha value is -0.580. The third kappa shape index (κ3) is 4.48. The molecule has 0 radical (unpaired) electrons. The number of ether oxygens (including phenoxy) is 2. The average Bonchev–Trinajstić information content (AvgIpc) is 2.90. The first-order valence-corrected chi connectivity index (χ1v) is 7.82. The number of para-hydroxylation sites is 1. The number of hydrogen-bond acceptors (Lipinski definition) is 3. The van der Waals surface area contributed by atoms with Crippen LogP contribution in [-0.2, 0) is 11.2 Å². The zero-order valence-corrected chi connectivity index (χ0v) is 12.8. The molecule has 1 aromatic carbocycles.